The van der Waals surface area contributed by atoms with Gasteiger partial charge in [-0.3, -0.25) is 19.7 Å². The number of halogens is 1. The molecule has 2 fully saturated rings. The summed E-state index contributed by atoms with van der Waals surface area (Å²) < 4.78 is 53.9. The molecule has 0 unspecified atom stereocenters. The lowest BCUT2D eigenvalue weighted by Crippen LogP contribution is -2.48. The molecule has 0 atom stereocenters. The van der Waals surface area contributed by atoms with E-state index >= 15 is 4.39 Å². The third-order valence-electron chi connectivity index (χ3n) is 9.32. The first-order chi connectivity index (χ1) is 27.4. The average molecular weight is 795 g/mol. The first-order valence-electron chi connectivity index (χ1n) is 19.2. The number of rotatable bonds is 24. The van der Waals surface area contributed by atoms with Gasteiger partial charge in [0.1, 0.15) is 18.1 Å². The summed E-state index contributed by atoms with van der Waals surface area (Å²) in [5, 5.41) is 0. The number of hydrogen-bond donors (Lipinski definition) is 0. The summed E-state index contributed by atoms with van der Waals surface area (Å²) in [4.78, 5) is 39.0. The zero-order chi connectivity index (χ0) is 39.0. The highest BCUT2D eigenvalue weighted by atomic mass is 32.1. The second-order valence-electron chi connectivity index (χ2n) is 13.7. The van der Waals surface area contributed by atoms with Gasteiger partial charge in [0, 0.05) is 71.1 Å². The standard InChI is InChI=1S/C41H51FN4O9S/c1-49-14-15-50-16-17-51-18-19-52-20-21-53-22-23-54-41(48)46-12-10-45(11-13-46)29-32-4-6-35(44-28-32)39-27-36-40(56-39)38(8-9-43-36)55-37-7-5-31(26-34(37)42)25-33(47)24-30-2-3-30/h4-9,26-28,30H,2-3,10-25,29H2,1H3. The third-order valence-corrected chi connectivity index (χ3v) is 10.5. The lowest BCUT2D eigenvalue weighted by atomic mass is 10.0. The van der Waals surface area contributed by atoms with E-state index in [1.165, 1.54) is 17.4 Å². The van der Waals surface area contributed by atoms with Crippen LogP contribution >= 0.6 is 11.3 Å². The van der Waals surface area contributed by atoms with Gasteiger partial charge in [0.05, 0.1) is 80.2 Å². The maximum Gasteiger partial charge on any atom is 0.409 e. The van der Waals surface area contributed by atoms with Crippen molar-refractivity contribution in [2.45, 2.75) is 32.2 Å². The number of thiophene rings is 1. The van der Waals surface area contributed by atoms with Crippen LogP contribution in [0.15, 0.2) is 54.9 Å². The molecular weight excluding hydrogens is 744 g/mol. The number of amides is 1. The molecule has 13 nitrogen and oxygen atoms in total. The van der Waals surface area contributed by atoms with E-state index in [4.69, 9.17) is 38.1 Å². The highest BCUT2D eigenvalue weighted by Crippen LogP contribution is 2.39. The van der Waals surface area contributed by atoms with Gasteiger partial charge in [0.15, 0.2) is 11.6 Å². The molecule has 15 heteroatoms. The number of ether oxygens (including phenoxy) is 7. The Hall–Kier alpha value is -4.09. The molecule has 1 saturated carbocycles. The van der Waals surface area contributed by atoms with E-state index in [2.05, 4.69) is 16.0 Å². The summed E-state index contributed by atoms with van der Waals surface area (Å²) in [5.41, 5.74) is 3.26. The monoisotopic (exact) mass is 794 g/mol. The van der Waals surface area contributed by atoms with Gasteiger partial charge in [-0.15, -0.1) is 11.3 Å². The van der Waals surface area contributed by atoms with E-state index < -0.39 is 5.82 Å². The van der Waals surface area contributed by atoms with Crippen molar-refractivity contribution in [1.82, 2.24) is 19.8 Å². The summed E-state index contributed by atoms with van der Waals surface area (Å²) in [6, 6.07) is 12.5. The predicted molar refractivity (Wildman–Crippen MR) is 209 cm³/mol. The Bertz CT molecular complexity index is 1830. The van der Waals surface area contributed by atoms with Crippen molar-refractivity contribution in [2.75, 3.05) is 99.4 Å². The highest BCUT2D eigenvalue weighted by molar-refractivity contribution is 7.22. The molecule has 1 aliphatic heterocycles. The van der Waals surface area contributed by atoms with Crippen molar-refractivity contribution >= 4 is 33.4 Å². The Morgan fingerprint density at radius 3 is 2.11 bits per heavy atom. The van der Waals surface area contributed by atoms with Crippen molar-refractivity contribution in [2.24, 2.45) is 5.92 Å². The molecule has 0 radical (unpaired) electrons. The lowest BCUT2D eigenvalue weighted by Gasteiger charge is -2.34. The molecular formula is C41H51FN4O9S. The van der Waals surface area contributed by atoms with Gasteiger partial charge in [-0.1, -0.05) is 12.1 Å². The molecule has 1 aromatic carbocycles. The van der Waals surface area contributed by atoms with Crippen LogP contribution in [-0.4, -0.2) is 131 Å². The molecule has 6 rings (SSSR count). The summed E-state index contributed by atoms with van der Waals surface area (Å²) in [7, 11) is 1.64. The maximum absolute atomic E-state index is 15.0. The van der Waals surface area contributed by atoms with E-state index in [9.17, 15) is 9.59 Å². The number of carbonyl (C=O) groups is 2. The number of methoxy groups -OCH3 is 1. The molecule has 2 aliphatic rings. The van der Waals surface area contributed by atoms with Gasteiger partial charge in [0.25, 0.3) is 0 Å². The fraction of sp³-hybridized carbons (Fsp3) is 0.512. The van der Waals surface area contributed by atoms with Crippen LogP contribution in [0.25, 0.3) is 20.8 Å². The average Bonchev–Trinajstić information content (AvgIpc) is 3.91. The molecule has 1 amide bonds. The molecule has 1 aliphatic carbocycles. The number of piperazine rings is 1. The van der Waals surface area contributed by atoms with Crippen molar-refractivity contribution in [3.8, 4) is 22.1 Å². The number of nitrogens with zero attached hydrogens (tertiary/aromatic N) is 4. The van der Waals surface area contributed by atoms with Crippen LogP contribution in [0, 0.1) is 11.7 Å². The van der Waals surface area contributed by atoms with Crippen LogP contribution in [0.5, 0.6) is 11.5 Å². The Labute approximate surface area is 330 Å². The van der Waals surface area contributed by atoms with Crippen LogP contribution in [0.2, 0.25) is 0 Å². The number of hydrogen-bond acceptors (Lipinski definition) is 13. The number of fused-ring (bicyclic) bond motifs is 1. The van der Waals surface area contributed by atoms with Crippen molar-refractivity contribution in [3.05, 3.63) is 71.8 Å². The third kappa shape index (κ3) is 13.3. The number of carbonyl (C=O) groups excluding carboxylic acids is 2. The highest BCUT2D eigenvalue weighted by Gasteiger charge is 2.25. The smallest absolute Gasteiger partial charge is 0.409 e. The largest absolute Gasteiger partial charge is 0.453 e. The molecule has 0 N–H and O–H groups in total. The number of benzene rings is 1. The topological polar surface area (TPSA) is 131 Å². The molecule has 4 aromatic rings. The zero-order valence-electron chi connectivity index (χ0n) is 32.0. The van der Waals surface area contributed by atoms with Crippen LogP contribution in [0.1, 0.15) is 30.4 Å². The van der Waals surface area contributed by atoms with Gasteiger partial charge < -0.3 is 38.1 Å². The fourth-order valence-electron chi connectivity index (χ4n) is 6.11. The second-order valence-corrected chi connectivity index (χ2v) is 14.8. The predicted octanol–water partition coefficient (Wildman–Crippen LogP) is 6.17. The number of aromatic nitrogens is 2. The lowest BCUT2D eigenvalue weighted by molar-refractivity contribution is -0.118. The van der Waals surface area contributed by atoms with Crippen LogP contribution < -0.4 is 4.74 Å². The van der Waals surface area contributed by atoms with Gasteiger partial charge in [-0.25, -0.2) is 9.18 Å². The van der Waals surface area contributed by atoms with Crippen molar-refractivity contribution in [3.63, 3.8) is 0 Å². The minimum atomic E-state index is -0.503. The zero-order valence-corrected chi connectivity index (χ0v) is 32.8. The minimum absolute atomic E-state index is 0.101. The molecule has 0 bridgehead atoms. The van der Waals surface area contributed by atoms with Gasteiger partial charge in [0.2, 0.25) is 0 Å². The number of pyridine rings is 2. The molecule has 1 saturated heterocycles. The molecule has 0 spiro atoms. The Kier molecular flexibility index (Phi) is 16.3. The SMILES string of the molecule is COCCOCCOCCOCCOCCOC(=O)N1CCN(Cc2ccc(-c3cc4nccc(Oc5ccc(CC(=O)CC6CC6)cc5F)c4s3)nc2)CC1. The van der Waals surface area contributed by atoms with E-state index in [0.717, 1.165) is 52.3 Å². The minimum Gasteiger partial charge on any atom is -0.453 e. The number of Topliss-reactive ketones (excluding diaryl/α,β-unsaturated/α-hetero) is 1. The first-order valence-corrected chi connectivity index (χ1v) is 20.0. The van der Waals surface area contributed by atoms with E-state index in [1.54, 1.807) is 36.4 Å². The Balaban J connectivity index is 0.868. The van der Waals surface area contributed by atoms with Crippen molar-refractivity contribution in [1.29, 1.82) is 0 Å². The summed E-state index contributed by atoms with van der Waals surface area (Å²) in [5.74, 6) is 0.763. The quantitative estimate of drug-likeness (QED) is 0.0753. The van der Waals surface area contributed by atoms with Crippen LogP contribution in [0.3, 0.4) is 0 Å². The van der Waals surface area contributed by atoms with Crippen LogP contribution in [-0.2, 0) is 46.2 Å². The van der Waals surface area contributed by atoms with Gasteiger partial charge in [-0.2, -0.15) is 0 Å². The second kappa shape index (κ2) is 22.0. The van der Waals surface area contributed by atoms with E-state index in [1.807, 2.05) is 18.3 Å². The van der Waals surface area contributed by atoms with E-state index in [-0.39, 0.29) is 30.7 Å². The molecule has 4 heterocycles. The Morgan fingerprint density at radius 2 is 1.46 bits per heavy atom. The first kappa shape index (κ1) is 41.5. The molecule has 56 heavy (non-hydrogen) atoms. The van der Waals surface area contributed by atoms with Crippen LogP contribution in [0.4, 0.5) is 9.18 Å². The number of ketones is 1. The van der Waals surface area contributed by atoms with Gasteiger partial charge in [-0.05, 0) is 54.2 Å². The van der Waals surface area contributed by atoms with E-state index in [0.29, 0.717) is 103 Å². The summed E-state index contributed by atoms with van der Waals surface area (Å²) in [6.45, 7) is 7.78. The maximum atomic E-state index is 15.0. The molecule has 3 aromatic heterocycles. The Morgan fingerprint density at radius 1 is 0.786 bits per heavy atom. The normalized spacial score (nSPS) is 14.7. The summed E-state index contributed by atoms with van der Waals surface area (Å²) in [6.07, 6.45) is 6.23. The van der Waals surface area contributed by atoms with Gasteiger partial charge >= 0.3 is 6.09 Å². The summed E-state index contributed by atoms with van der Waals surface area (Å²) >= 11 is 1.49. The fourth-order valence-corrected chi connectivity index (χ4v) is 7.16. The van der Waals surface area contributed by atoms with Crippen molar-refractivity contribution < 1.29 is 47.1 Å². The molecule has 302 valence electrons.